The van der Waals surface area contributed by atoms with E-state index in [1.807, 2.05) is 35.2 Å². The number of carboxylic acid groups (broad SMARTS) is 2. The zero-order chi connectivity index (χ0) is 28.7. The van der Waals surface area contributed by atoms with Crippen molar-refractivity contribution in [1.82, 2.24) is 14.8 Å². The van der Waals surface area contributed by atoms with Crippen molar-refractivity contribution in [1.29, 1.82) is 0 Å². The molecule has 2 atom stereocenters. The number of carbonyl (C=O) groups excluding carboxylic acids is 1. The number of pyridine rings is 1. The molecule has 2 N–H and O–H groups in total. The van der Waals surface area contributed by atoms with Gasteiger partial charge in [-0.25, -0.2) is 9.59 Å². The molecule has 210 valence electrons. The van der Waals surface area contributed by atoms with Crippen LogP contribution in [-0.4, -0.2) is 101 Å². The van der Waals surface area contributed by atoms with Crippen molar-refractivity contribution in [3.8, 4) is 0 Å². The highest BCUT2D eigenvalue weighted by molar-refractivity contribution is 6.06. The van der Waals surface area contributed by atoms with Gasteiger partial charge in [0.25, 0.3) is 5.91 Å². The normalized spacial score (nSPS) is 19.8. The van der Waals surface area contributed by atoms with E-state index in [0.717, 1.165) is 49.3 Å². The minimum absolute atomic E-state index is 0.0910. The summed E-state index contributed by atoms with van der Waals surface area (Å²) in [5.74, 6) is -5.02. The number of hydrogen-bond donors (Lipinski definition) is 2. The average molecular weight is 553 g/mol. The molecule has 2 saturated heterocycles. The fourth-order valence-corrected chi connectivity index (χ4v) is 3.87. The van der Waals surface area contributed by atoms with Crippen LogP contribution >= 0.6 is 0 Å². The van der Waals surface area contributed by atoms with Gasteiger partial charge in [0.05, 0.1) is 23.8 Å². The summed E-state index contributed by atoms with van der Waals surface area (Å²) in [5, 5.41) is 15.2. The molecule has 0 saturated carbocycles. The van der Waals surface area contributed by atoms with Gasteiger partial charge in [0.2, 0.25) is 0 Å². The van der Waals surface area contributed by atoms with Gasteiger partial charge in [0, 0.05) is 43.7 Å². The number of benzene rings is 1. The van der Waals surface area contributed by atoms with E-state index < -0.39 is 24.3 Å². The Morgan fingerprint density at radius 1 is 0.974 bits per heavy atom. The zero-order valence-electron chi connectivity index (χ0n) is 20.0. The van der Waals surface area contributed by atoms with Crippen LogP contribution in [-0.2, 0) is 14.3 Å². The number of carbonyl (C=O) groups is 3. The Bertz CT molecular complexity index is 1100. The maximum absolute atomic E-state index is 13.1. The van der Waals surface area contributed by atoms with Crippen LogP contribution in [0.3, 0.4) is 0 Å². The Morgan fingerprint density at radius 3 is 2.11 bits per heavy atom. The predicted octanol–water partition coefficient (Wildman–Crippen LogP) is 3.29. The molecule has 0 spiro atoms. The van der Waals surface area contributed by atoms with E-state index in [0.29, 0.717) is 12.5 Å². The molecule has 3 heterocycles. The number of aliphatic carboxylic acids is 2. The van der Waals surface area contributed by atoms with Crippen LogP contribution in [0.2, 0.25) is 0 Å². The van der Waals surface area contributed by atoms with E-state index in [-0.39, 0.29) is 12.0 Å². The van der Waals surface area contributed by atoms with Gasteiger partial charge in [-0.3, -0.25) is 9.78 Å². The maximum atomic E-state index is 13.1. The van der Waals surface area contributed by atoms with Crippen molar-refractivity contribution in [2.45, 2.75) is 25.4 Å². The Labute approximate surface area is 212 Å². The first-order valence-corrected chi connectivity index (χ1v) is 11.2. The second-order valence-electron chi connectivity index (χ2n) is 8.25. The molecule has 15 heteroatoms. The summed E-state index contributed by atoms with van der Waals surface area (Å²) in [5.41, 5.74) is 1.61. The van der Waals surface area contributed by atoms with Crippen molar-refractivity contribution in [2.75, 3.05) is 39.3 Å². The maximum Gasteiger partial charge on any atom is 0.490 e. The molecular weight excluding hydrogens is 528 g/mol. The predicted molar refractivity (Wildman–Crippen MR) is 120 cm³/mol. The summed E-state index contributed by atoms with van der Waals surface area (Å²) < 4.78 is 69.5. The lowest BCUT2D eigenvalue weighted by Gasteiger charge is -2.22. The molecule has 2 aliphatic heterocycles. The molecule has 1 aromatic carbocycles. The van der Waals surface area contributed by atoms with Gasteiger partial charge in [0.15, 0.2) is 0 Å². The Morgan fingerprint density at radius 2 is 1.55 bits per heavy atom. The second-order valence-corrected chi connectivity index (χ2v) is 8.25. The van der Waals surface area contributed by atoms with E-state index >= 15 is 0 Å². The number of amides is 1. The standard InChI is InChI=1S/C19H23N3O2.2C2HF3O2/c1-2-21-9-10-24-18-13-22(12-14(18)11-21)19(23)16-7-8-20-17-6-4-3-5-15(16)17;2*3-2(4,5)1(6)7/h3-8,14,18H,2,9-13H2,1H3;2*(H,6,7)/t14-,18+;;/m0../s1. The van der Waals surface area contributed by atoms with Crippen LogP contribution in [0.4, 0.5) is 26.3 Å². The number of aromatic nitrogens is 1. The van der Waals surface area contributed by atoms with E-state index in [4.69, 9.17) is 24.5 Å². The molecule has 0 bridgehead atoms. The molecule has 2 aliphatic rings. The number of likely N-dealkylation sites (tertiary alicyclic amines) is 1. The lowest BCUT2D eigenvalue weighted by atomic mass is 10.1. The molecule has 9 nitrogen and oxygen atoms in total. The third kappa shape index (κ3) is 8.55. The molecule has 0 aliphatic carbocycles. The first-order valence-electron chi connectivity index (χ1n) is 11.2. The lowest BCUT2D eigenvalue weighted by Crippen LogP contribution is -2.33. The van der Waals surface area contributed by atoms with Crippen LogP contribution in [0.5, 0.6) is 0 Å². The third-order valence-electron chi connectivity index (χ3n) is 5.71. The van der Waals surface area contributed by atoms with Crippen molar-refractivity contribution in [2.24, 2.45) is 5.92 Å². The van der Waals surface area contributed by atoms with Gasteiger partial charge in [-0.15, -0.1) is 0 Å². The Kier molecular flexibility index (Phi) is 10.4. The van der Waals surface area contributed by atoms with Crippen molar-refractivity contribution >= 4 is 28.7 Å². The number of ether oxygens (including phenoxy) is 1. The van der Waals surface area contributed by atoms with Crippen molar-refractivity contribution in [3.05, 3.63) is 42.1 Å². The van der Waals surface area contributed by atoms with Crippen molar-refractivity contribution < 1.29 is 55.7 Å². The molecule has 38 heavy (non-hydrogen) atoms. The molecule has 0 unspecified atom stereocenters. The molecule has 2 fully saturated rings. The van der Waals surface area contributed by atoms with Crippen LogP contribution in [0.1, 0.15) is 17.3 Å². The third-order valence-corrected chi connectivity index (χ3v) is 5.71. The first-order chi connectivity index (χ1) is 17.6. The summed E-state index contributed by atoms with van der Waals surface area (Å²) in [6.45, 7) is 7.45. The minimum atomic E-state index is -5.08. The fourth-order valence-electron chi connectivity index (χ4n) is 3.87. The second kappa shape index (κ2) is 12.9. The average Bonchev–Trinajstić information content (AvgIpc) is 3.14. The number of para-hydroxylation sites is 1. The number of likely N-dealkylation sites (N-methyl/N-ethyl adjacent to an activating group) is 1. The fraction of sp³-hybridized carbons (Fsp3) is 0.478. The van der Waals surface area contributed by atoms with Crippen LogP contribution < -0.4 is 0 Å². The molecule has 0 radical (unpaired) electrons. The number of rotatable bonds is 2. The molecule has 1 aromatic heterocycles. The Balaban J connectivity index is 0.000000301. The van der Waals surface area contributed by atoms with Gasteiger partial charge >= 0.3 is 24.3 Å². The van der Waals surface area contributed by atoms with Crippen LogP contribution in [0, 0.1) is 5.92 Å². The van der Waals surface area contributed by atoms with Gasteiger partial charge in [0.1, 0.15) is 0 Å². The number of fused-ring (bicyclic) bond motifs is 2. The SMILES string of the molecule is CCN1CCO[C@@H]2CN(C(=O)c3ccnc4ccccc34)C[C@@H]2C1.O=C(O)C(F)(F)F.O=C(O)C(F)(F)F. The first kappa shape index (κ1) is 30.8. The molecule has 1 amide bonds. The molecular formula is C23H25F6N3O6. The highest BCUT2D eigenvalue weighted by atomic mass is 19.4. The summed E-state index contributed by atoms with van der Waals surface area (Å²) >= 11 is 0. The number of nitrogens with zero attached hydrogens (tertiary/aromatic N) is 3. The highest BCUT2D eigenvalue weighted by Gasteiger charge is 2.40. The zero-order valence-corrected chi connectivity index (χ0v) is 20.0. The molecule has 4 rings (SSSR count). The van der Waals surface area contributed by atoms with Gasteiger partial charge in [-0.2, -0.15) is 26.3 Å². The Hall–Kier alpha value is -3.46. The van der Waals surface area contributed by atoms with E-state index in [2.05, 4.69) is 16.8 Å². The monoisotopic (exact) mass is 553 g/mol. The van der Waals surface area contributed by atoms with Crippen LogP contribution in [0.15, 0.2) is 36.5 Å². The number of alkyl halides is 6. The van der Waals surface area contributed by atoms with Gasteiger partial charge < -0.3 is 24.7 Å². The molecule has 2 aromatic rings. The summed E-state index contributed by atoms with van der Waals surface area (Å²) in [6.07, 6.45) is -8.28. The summed E-state index contributed by atoms with van der Waals surface area (Å²) in [7, 11) is 0. The van der Waals surface area contributed by atoms with Gasteiger partial charge in [-0.1, -0.05) is 25.1 Å². The van der Waals surface area contributed by atoms with Crippen molar-refractivity contribution in [3.63, 3.8) is 0 Å². The topological polar surface area (TPSA) is 120 Å². The van der Waals surface area contributed by atoms with E-state index in [1.54, 1.807) is 6.20 Å². The summed E-state index contributed by atoms with van der Waals surface area (Å²) in [4.78, 5) is 39.6. The largest absolute Gasteiger partial charge is 0.490 e. The van der Waals surface area contributed by atoms with Gasteiger partial charge in [-0.05, 0) is 18.7 Å². The van der Waals surface area contributed by atoms with Crippen LogP contribution in [0.25, 0.3) is 10.9 Å². The smallest absolute Gasteiger partial charge is 0.475 e. The number of carboxylic acids is 2. The summed E-state index contributed by atoms with van der Waals surface area (Å²) in [6, 6.07) is 9.65. The number of hydrogen-bond acceptors (Lipinski definition) is 6. The number of halogens is 6. The van der Waals surface area contributed by atoms with E-state index in [1.165, 1.54) is 0 Å². The van der Waals surface area contributed by atoms with E-state index in [9.17, 15) is 31.1 Å². The quantitative estimate of drug-likeness (QED) is 0.544. The lowest BCUT2D eigenvalue weighted by molar-refractivity contribution is -0.193. The minimum Gasteiger partial charge on any atom is -0.475 e. The highest BCUT2D eigenvalue weighted by Crippen LogP contribution is 2.26.